The molecule has 1 aliphatic rings. The van der Waals surface area contributed by atoms with Crippen LogP contribution in [0.3, 0.4) is 0 Å². The Labute approximate surface area is 126 Å². The lowest BCUT2D eigenvalue weighted by Crippen LogP contribution is -2.41. The van der Waals surface area contributed by atoms with Crippen LogP contribution in [0.4, 0.5) is 11.4 Å². The first-order valence-electron chi connectivity index (χ1n) is 7.43. The highest BCUT2D eigenvalue weighted by Gasteiger charge is 2.33. The lowest BCUT2D eigenvalue weighted by molar-refractivity contribution is -0.120. The quantitative estimate of drug-likeness (QED) is 0.866. The number of amides is 1. The first kappa shape index (κ1) is 15.8. The maximum atomic E-state index is 12.4. The third-order valence-electron chi connectivity index (χ3n) is 3.84. The summed E-state index contributed by atoms with van der Waals surface area (Å²) in [6.45, 7) is 6.02. The first-order chi connectivity index (χ1) is 10.0. The summed E-state index contributed by atoms with van der Waals surface area (Å²) >= 11 is 0. The minimum absolute atomic E-state index is 0.0204. The molecular weight excluding hydrogens is 266 g/mol. The summed E-state index contributed by atoms with van der Waals surface area (Å²) in [6.07, 6.45) is 0. The minimum atomic E-state index is -0.131. The molecule has 0 spiro atoms. The normalized spacial score (nSPS) is 21.3. The molecule has 0 saturated carbocycles. The number of nitrogens with one attached hydrogen (secondary N) is 2. The van der Waals surface area contributed by atoms with Crippen LogP contribution in [-0.4, -0.2) is 45.8 Å². The number of carbonyl (C=O) groups excluding carboxylic acids is 1. The van der Waals surface area contributed by atoms with Gasteiger partial charge in [-0.3, -0.25) is 4.79 Å². The standard InChI is InChI=1S/C16H25N3O2/c1-5-17-14-10-21-9-13(14)16(20)18-12-7-6-11(2)15(8-12)19(3)4/h6-8,13-14,17H,5,9-10H2,1-4H3,(H,18,20). The highest BCUT2D eigenvalue weighted by molar-refractivity contribution is 5.94. The van der Waals surface area contributed by atoms with Gasteiger partial charge in [-0.1, -0.05) is 13.0 Å². The summed E-state index contributed by atoms with van der Waals surface area (Å²) in [5.41, 5.74) is 3.13. The van der Waals surface area contributed by atoms with Crippen molar-refractivity contribution < 1.29 is 9.53 Å². The van der Waals surface area contributed by atoms with Gasteiger partial charge in [-0.15, -0.1) is 0 Å². The third kappa shape index (κ3) is 3.74. The van der Waals surface area contributed by atoms with Crippen LogP contribution in [0, 0.1) is 12.8 Å². The van der Waals surface area contributed by atoms with Gasteiger partial charge in [0.25, 0.3) is 0 Å². The predicted molar refractivity (Wildman–Crippen MR) is 85.9 cm³/mol. The maximum absolute atomic E-state index is 12.4. The molecule has 116 valence electrons. The number of carbonyl (C=O) groups is 1. The number of anilines is 2. The van der Waals surface area contributed by atoms with Gasteiger partial charge in [0.05, 0.1) is 19.1 Å². The molecule has 21 heavy (non-hydrogen) atoms. The number of rotatable bonds is 5. The van der Waals surface area contributed by atoms with Crippen LogP contribution in [0.25, 0.3) is 0 Å². The highest BCUT2D eigenvalue weighted by Crippen LogP contribution is 2.24. The Balaban J connectivity index is 2.07. The van der Waals surface area contributed by atoms with Crippen LogP contribution < -0.4 is 15.5 Å². The summed E-state index contributed by atoms with van der Waals surface area (Å²) in [5, 5.41) is 6.32. The van der Waals surface area contributed by atoms with Gasteiger partial charge >= 0.3 is 0 Å². The molecule has 1 fully saturated rings. The molecule has 1 aromatic rings. The van der Waals surface area contributed by atoms with Crippen molar-refractivity contribution in [2.75, 3.05) is 44.1 Å². The summed E-state index contributed by atoms with van der Waals surface area (Å²) in [6, 6.07) is 6.08. The van der Waals surface area contributed by atoms with Crippen molar-refractivity contribution in [3.63, 3.8) is 0 Å². The van der Waals surface area contributed by atoms with E-state index < -0.39 is 0 Å². The molecule has 0 aromatic heterocycles. The van der Waals surface area contributed by atoms with Crippen molar-refractivity contribution >= 4 is 17.3 Å². The number of likely N-dealkylation sites (N-methyl/N-ethyl adjacent to an activating group) is 1. The highest BCUT2D eigenvalue weighted by atomic mass is 16.5. The summed E-state index contributed by atoms with van der Waals surface area (Å²) < 4.78 is 5.43. The molecule has 1 amide bonds. The van der Waals surface area contributed by atoms with Crippen molar-refractivity contribution in [1.82, 2.24) is 5.32 Å². The third-order valence-corrected chi connectivity index (χ3v) is 3.84. The molecule has 0 aliphatic carbocycles. The van der Waals surface area contributed by atoms with Gasteiger partial charge in [0, 0.05) is 31.5 Å². The fourth-order valence-corrected chi connectivity index (χ4v) is 2.68. The van der Waals surface area contributed by atoms with Crippen LogP contribution in [-0.2, 0) is 9.53 Å². The Morgan fingerprint density at radius 2 is 2.14 bits per heavy atom. The molecule has 2 unspecified atom stereocenters. The molecule has 2 rings (SSSR count). The number of hydrogen-bond acceptors (Lipinski definition) is 4. The summed E-state index contributed by atoms with van der Waals surface area (Å²) in [4.78, 5) is 14.5. The van der Waals surface area contributed by atoms with Crippen molar-refractivity contribution in [2.24, 2.45) is 5.92 Å². The number of ether oxygens (including phenoxy) is 1. The molecular formula is C16H25N3O2. The lowest BCUT2D eigenvalue weighted by atomic mass is 10.0. The molecule has 1 aromatic carbocycles. The van der Waals surface area contributed by atoms with E-state index in [0.717, 1.165) is 17.9 Å². The SMILES string of the molecule is CCNC1COCC1C(=O)Nc1ccc(C)c(N(C)C)c1. The van der Waals surface area contributed by atoms with Gasteiger partial charge in [-0.05, 0) is 31.2 Å². The van der Waals surface area contributed by atoms with Gasteiger partial charge in [-0.2, -0.15) is 0 Å². The largest absolute Gasteiger partial charge is 0.379 e. The first-order valence-corrected chi connectivity index (χ1v) is 7.43. The Morgan fingerprint density at radius 3 is 2.81 bits per heavy atom. The van der Waals surface area contributed by atoms with E-state index in [9.17, 15) is 4.79 Å². The average molecular weight is 291 g/mol. The van der Waals surface area contributed by atoms with Crippen LogP contribution in [0.2, 0.25) is 0 Å². The van der Waals surface area contributed by atoms with Gasteiger partial charge in [-0.25, -0.2) is 0 Å². The van der Waals surface area contributed by atoms with E-state index in [2.05, 4.69) is 17.6 Å². The number of aryl methyl sites for hydroxylation is 1. The van der Waals surface area contributed by atoms with Crippen LogP contribution in [0.15, 0.2) is 18.2 Å². The van der Waals surface area contributed by atoms with Crippen molar-refractivity contribution in [1.29, 1.82) is 0 Å². The average Bonchev–Trinajstić information content (AvgIpc) is 2.89. The zero-order valence-corrected chi connectivity index (χ0v) is 13.3. The van der Waals surface area contributed by atoms with Gasteiger partial charge < -0.3 is 20.3 Å². The smallest absolute Gasteiger partial charge is 0.231 e. The van der Waals surface area contributed by atoms with E-state index in [1.807, 2.05) is 44.1 Å². The summed E-state index contributed by atoms with van der Waals surface area (Å²) in [7, 11) is 4.00. The van der Waals surface area contributed by atoms with E-state index in [0.29, 0.717) is 13.2 Å². The summed E-state index contributed by atoms with van der Waals surface area (Å²) in [5.74, 6) is -0.110. The second-order valence-corrected chi connectivity index (χ2v) is 5.69. The fourth-order valence-electron chi connectivity index (χ4n) is 2.68. The van der Waals surface area contributed by atoms with Crippen molar-refractivity contribution in [2.45, 2.75) is 19.9 Å². The Hall–Kier alpha value is -1.59. The zero-order valence-electron chi connectivity index (χ0n) is 13.3. The van der Waals surface area contributed by atoms with Crippen LogP contribution in [0.1, 0.15) is 12.5 Å². The van der Waals surface area contributed by atoms with E-state index in [-0.39, 0.29) is 17.9 Å². The van der Waals surface area contributed by atoms with Crippen molar-refractivity contribution in [3.05, 3.63) is 23.8 Å². The van der Waals surface area contributed by atoms with E-state index in [1.165, 1.54) is 5.56 Å². The van der Waals surface area contributed by atoms with Crippen LogP contribution >= 0.6 is 0 Å². The van der Waals surface area contributed by atoms with E-state index in [4.69, 9.17) is 4.74 Å². The van der Waals surface area contributed by atoms with Gasteiger partial charge in [0.15, 0.2) is 0 Å². The molecule has 5 nitrogen and oxygen atoms in total. The van der Waals surface area contributed by atoms with Crippen LogP contribution in [0.5, 0.6) is 0 Å². The van der Waals surface area contributed by atoms with Gasteiger partial charge in [0.1, 0.15) is 0 Å². The molecule has 0 radical (unpaired) electrons. The Kier molecular flexibility index (Phi) is 5.20. The maximum Gasteiger partial charge on any atom is 0.231 e. The number of hydrogen-bond donors (Lipinski definition) is 2. The van der Waals surface area contributed by atoms with E-state index in [1.54, 1.807) is 0 Å². The fraction of sp³-hybridized carbons (Fsp3) is 0.562. The topological polar surface area (TPSA) is 53.6 Å². The predicted octanol–water partition coefficient (Wildman–Crippen LogP) is 1.62. The zero-order chi connectivity index (χ0) is 15.4. The molecule has 1 heterocycles. The molecule has 1 aliphatic heterocycles. The molecule has 2 atom stereocenters. The van der Waals surface area contributed by atoms with Gasteiger partial charge in [0.2, 0.25) is 5.91 Å². The molecule has 0 bridgehead atoms. The monoisotopic (exact) mass is 291 g/mol. The van der Waals surface area contributed by atoms with E-state index >= 15 is 0 Å². The second kappa shape index (κ2) is 6.91. The molecule has 2 N–H and O–H groups in total. The number of nitrogens with zero attached hydrogens (tertiary/aromatic N) is 1. The second-order valence-electron chi connectivity index (χ2n) is 5.69. The molecule has 1 saturated heterocycles. The minimum Gasteiger partial charge on any atom is -0.379 e. The lowest BCUT2D eigenvalue weighted by Gasteiger charge is -2.20. The van der Waals surface area contributed by atoms with Crippen molar-refractivity contribution in [3.8, 4) is 0 Å². The Morgan fingerprint density at radius 1 is 1.38 bits per heavy atom. The number of benzene rings is 1. The molecule has 5 heteroatoms. The Bertz CT molecular complexity index is 502.